The van der Waals surface area contributed by atoms with Crippen LogP contribution in [0.25, 0.3) is 0 Å². The molecule has 2 saturated carbocycles. The van der Waals surface area contributed by atoms with Crippen LogP contribution in [0.15, 0.2) is 77.7 Å². The Balaban J connectivity index is 1.12. The summed E-state index contributed by atoms with van der Waals surface area (Å²) in [6, 6.07) is 23.7. The van der Waals surface area contributed by atoms with Gasteiger partial charge in [-0.3, -0.25) is 4.79 Å². The molecule has 39 heavy (non-hydrogen) atoms. The Labute approximate surface area is 230 Å². The van der Waals surface area contributed by atoms with Gasteiger partial charge in [0.1, 0.15) is 0 Å². The second kappa shape index (κ2) is 9.79. The highest BCUT2D eigenvalue weighted by atomic mass is 32.2. The fraction of sp³-hybridized carbons (Fsp3) is 0.406. The third-order valence-corrected chi connectivity index (χ3v) is 11.5. The Morgan fingerprint density at radius 1 is 0.872 bits per heavy atom. The molecule has 5 atom stereocenters. The van der Waals surface area contributed by atoms with Crippen molar-refractivity contribution in [2.24, 2.45) is 17.8 Å². The molecule has 6 nitrogen and oxygen atoms in total. The Morgan fingerprint density at radius 3 is 2.38 bits per heavy atom. The normalized spacial score (nSPS) is 27.8. The zero-order valence-corrected chi connectivity index (χ0v) is 22.9. The molecule has 0 aromatic heterocycles. The highest BCUT2D eigenvalue weighted by Gasteiger charge is 2.53. The largest absolute Gasteiger partial charge is 0.378 e. The van der Waals surface area contributed by atoms with Gasteiger partial charge in [0.2, 0.25) is 10.0 Å². The smallest absolute Gasteiger partial charge is 0.255 e. The molecule has 0 spiro atoms. The van der Waals surface area contributed by atoms with Gasteiger partial charge in [-0.05, 0) is 109 Å². The number of hydrogen-bond donors (Lipinski definition) is 2. The minimum Gasteiger partial charge on any atom is -0.378 e. The maximum Gasteiger partial charge on any atom is 0.255 e. The molecule has 3 aromatic carbocycles. The van der Waals surface area contributed by atoms with E-state index in [4.69, 9.17) is 0 Å². The van der Waals surface area contributed by atoms with Crippen molar-refractivity contribution in [3.8, 4) is 0 Å². The predicted octanol–water partition coefficient (Wildman–Crippen LogP) is 6.41. The summed E-state index contributed by atoms with van der Waals surface area (Å²) < 4.78 is 27.5. The van der Waals surface area contributed by atoms with Crippen LogP contribution in [0.4, 0.5) is 11.4 Å². The predicted molar refractivity (Wildman–Crippen MR) is 153 cm³/mol. The number of benzene rings is 3. The topological polar surface area (TPSA) is 78.5 Å². The van der Waals surface area contributed by atoms with Crippen molar-refractivity contribution in [2.45, 2.75) is 55.4 Å². The minimum atomic E-state index is -3.49. The Hall–Kier alpha value is -3.16. The summed E-state index contributed by atoms with van der Waals surface area (Å²) in [5.74, 6) is 2.25. The van der Waals surface area contributed by atoms with Gasteiger partial charge in [0, 0.05) is 30.0 Å². The van der Waals surface area contributed by atoms with E-state index in [1.54, 1.807) is 28.6 Å². The standard InChI is InChI=1S/C32H35N3O3S/c36-32(33-25-12-14-26(15-13-25)39(37,38)35-17-5-2-6-18-35)24-11-16-28-27(20-24)29-22-9-10-23(19-22)30(29)31(34-28)21-7-3-1-4-8-21/h1,3-4,7-8,11-16,20,22-23,29-31,34H,2,5-6,9-10,17-19H2,(H,33,36). The summed E-state index contributed by atoms with van der Waals surface area (Å²) in [7, 11) is -3.49. The summed E-state index contributed by atoms with van der Waals surface area (Å²) in [6.07, 6.45) is 6.74. The molecule has 1 saturated heterocycles. The van der Waals surface area contributed by atoms with E-state index in [9.17, 15) is 13.2 Å². The molecule has 2 N–H and O–H groups in total. The van der Waals surface area contributed by atoms with Crippen LogP contribution in [-0.4, -0.2) is 31.7 Å². The lowest BCUT2D eigenvalue weighted by molar-refractivity contribution is 0.102. The van der Waals surface area contributed by atoms with Crippen molar-refractivity contribution >= 4 is 27.3 Å². The van der Waals surface area contributed by atoms with Gasteiger partial charge in [-0.25, -0.2) is 8.42 Å². The van der Waals surface area contributed by atoms with Crippen LogP contribution >= 0.6 is 0 Å². The van der Waals surface area contributed by atoms with E-state index >= 15 is 0 Å². The van der Waals surface area contributed by atoms with Crippen molar-refractivity contribution in [1.29, 1.82) is 0 Å². The fourth-order valence-corrected chi connectivity index (χ4v) is 9.30. The zero-order chi connectivity index (χ0) is 26.6. The Kier molecular flexibility index (Phi) is 6.24. The first-order valence-corrected chi connectivity index (χ1v) is 15.8. The van der Waals surface area contributed by atoms with Crippen molar-refractivity contribution in [1.82, 2.24) is 4.31 Å². The van der Waals surface area contributed by atoms with Crippen molar-refractivity contribution in [3.05, 3.63) is 89.5 Å². The first kappa shape index (κ1) is 24.9. The number of fused-ring (bicyclic) bond motifs is 7. The van der Waals surface area contributed by atoms with Crippen LogP contribution in [0, 0.1) is 17.8 Å². The second-order valence-corrected chi connectivity index (χ2v) is 13.7. The van der Waals surface area contributed by atoms with Gasteiger partial charge in [0.25, 0.3) is 5.91 Å². The number of piperidine rings is 1. The van der Waals surface area contributed by atoms with E-state index in [-0.39, 0.29) is 10.8 Å². The van der Waals surface area contributed by atoms with Gasteiger partial charge < -0.3 is 10.6 Å². The molecule has 5 unspecified atom stereocenters. The summed E-state index contributed by atoms with van der Waals surface area (Å²) in [4.78, 5) is 13.6. The average molecular weight is 542 g/mol. The molecule has 2 aliphatic carbocycles. The Morgan fingerprint density at radius 2 is 1.62 bits per heavy atom. The maximum atomic E-state index is 13.3. The molecule has 2 heterocycles. The molecule has 2 bridgehead atoms. The van der Waals surface area contributed by atoms with Crippen LogP contribution in [0.3, 0.4) is 0 Å². The molecular weight excluding hydrogens is 506 g/mol. The van der Waals surface area contributed by atoms with Gasteiger partial charge >= 0.3 is 0 Å². The van der Waals surface area contributed by atoms with Gasteiger partial charge in [0.05, 0.1) is 10.9 Å². The molecule has 1 amide bonds. The molecule has 2 aliphatic heterocycles. The van der Waals surface area contributed by atoms with Crippen LogP contribution in [0.5, 0.6) is 0 Å². The van der Waals surface area contributed by atoms with Crippen molar-refractivity contribution in [3.63, 3.8) is 0 Å². The average Bonchev–Trinajstić information content (AvgIpc) is 3.61. The van der Waals surface area contributed by atoms with E-state index in [0.29, 0.717) is 48.1 Å². The molecule has 4 aliphatic rings. The van der Waals surface area contributed by atoms with Crippen LogP contribution in [-0.2, 0) is 10.0 Å². The van der Waals surface area contributed by atoms with Crippen LogP contribution in [0.2, 0.25) is 0 Å². The Bertz CT molecular complexity index is 1480. The molecule has 3 aromatic rings. The summed E-state index contributed by atoms with van der Waals surface area (Å²) >= 11 is 0. The van der Waals surface area contributed by atoms with E-state index in [2.05, 4.69) is 53.1 Å². The quantitative estimate of drug-likeness (QED) is 0.391. The molecule has 7 rings (SSSR count). The maximum absolute atomic E-state index is 13.3. The SMILES string of the molecule is O=C(Nc1ccc(S(=O)(=O)N2CCCCC2)cc1)c1ccc2c(c1)C1C3CCC(C3)C1C(c1ccccc1)N2. The van der Waals surface area contributed by atoms with E-state index in [0.717, 1.165) is 30.9 Å². The summed E-state index contributed by atoms with van der Waals surface area (Å²) in [5, 5.41) is 6.82. The molecule has 202 valence electrons. The fourth-order valence-electron chi connectivity index (χ4n) is 7.79. The van der Waals surface area contributed by atoms with Crippen LogP contribution < -0.4 is 10.6 Å². The van der Waals surface area contributed by atoms with Gasteiger partial charge in [-0.2, -0.15) is 4.31 Å². The van der Waals surface area contributed by atoms with Gasteiger partial charge in [0.15, 0.2) is 0 Å². The lowest BCUT2D eigenvalue weighted by Crippen LogP contribution is -2.35. The third kappa shape index (κ3) is 4.36. The number of nitrogens with zero attached hydrogens (tertiary/aromatic N) is 1. The zero-order valence-electron chi connectivity index (χ0n) is 22.1. The number of sulfonamides is 1. The minimum absolute atomic E-state index is 0.172. The molecule has 7 heteroatoms. The molecule has 0 radical (unpaired) electrons. The van der Waals surface area contributed by atoms with E-state index < -0.39 is 10.0 Å². The lowest BCUT2D eigenvalue weighted by atomic mass is 9.68. The number of nitrogens with one attached hydrogen (secondary N) is 2. The van der Waals surface area contributed by atoms with Crippen molar-refractivity contribution < 1.29 is 13.2 Å². The van der Waals surface area contributed by atoms with E-state index in [1.807, 2.05) is 6.07 Å². The summed E-state index contributed by atoms with van der Waals surface area (Å²) in [6.45, 7) is 1.15. The highest BCUT2D eigenvalue weighted by molar-refractivity contribution is 7.89. The van der Waals surface area contributed by atoms with Crippen LogP contribution in [0.1, 0.15) is 72.0 Å². The first-order chi connectivity index (χ1) is 19.0. The monoisotopic (exact) mass is 541 g/mol. The van der Waals surface area contributed by atoms with Gasteiger partial charge in [-0.1, -0.05) is 36.8 Å². The molecular formula is C32H35N3O3S. The molecule has 3 fully saturated rings. The number of anilines is 2. The van der Waals surface area contributed by atoms with Crippen molar-refractivity contribution in [2.75, 3.05) is 23.7 Å². The summed E-state index contributed by atoms with van der Waals surface area (Å²) in [5.41, 5.74) is 4.99. The van der Waals surface area contributed by atoms with Gasteiger partial charge in [-0.15, -0.1) is 0 Å². The number of rotatable bonds is 5. The first-order valence-electron chi connectivity index (χ1n) is 14.4. The number of carbonyl (C=O) groups is 1. The third-order valence-electron chi connectivity index (χ3n) is 9.57. The van der Waals surface area contributed by atoms with E-state index in [1.165, 1.54) is 30.4 Å². The number of amides is 1. The number of carbonyl (C=O) groups excluding carboxylic acids is 1. The lowest BCUT2D eigenvalue weighted by Gasteiger charge is -2.43. The number of hydrogen-bond acceptors (Lipinski definition) is 4. The second-order valence-electron chi connectivity index (χ2n) is 11.7. The highest BCUT2D eigenvalue weighted by Crippen LogP contribution is 2.63.